The first-order chi connectivity index (χ1) is 15.9. The first-order valence-electron chi connectivity index (χ1n) is 10.2. The van der Waals surface area contributed by atoms with Crippen LogP contribution in [-0.2, 0) is 0 Å². The third-order valence-corrected chi connectivity index (χ3v) is 9.01. The summed E-state index contributed by atoms with van der Waals surface area (Å²) in [5.74, 6) is 0. The van der Waals surface area contributed by atoms with Crippen molar-refractivity contribution in [2.75, 3.05) is 0 Å². The summed E-state index contributed by atoms with van der Waals surface area (Å²) in [6.45, 7) is 0. The molecule has 6 heteroatoms. The molecule has 0 N–H and O–H groups in total. The Kier molecular flexibility index (Phi) is 4.05. The molecule has 0 saturated heterocycles. The molecule has 6 aromatic heterocycles. The maximum Gasteiger partial charge on any atom is 0.113 e. The summed E-state index contributed by atoms with van der Waals surface area (Å²) in [6, 6.07) is 25.7. The Labute approximate surface area is 195 Å². The second-order valence-corrected chi connectivity index (χ2v) is 10.6. The van der Waals surface area contributed by atoms with Gasteiger partial charge in [-0.1, -0.05) is 30.3 Å². The fraction of sp³-hybridized carbons (Fsp3) is 0. The van der Waals surface area contributed by atoms with Crippen LogP contribution in [0, 0.1) is 0 Å². The van der Waals surface area contributed by atoms with Crippen molar-refractivity contribution in [1.29, 1.82) is 0 Å². The third kappa shape index (κ3) is 2.70. The number of nitrogens with zero attached hydrogens (tertiary/aromatic N) is 3. The van der Waals surface area contributed by atoms with Gasteiger partial charge < -0.3 is 0 Å². The fourth-order valence-electron chi connectivity index (χ4n) is 4.31. The van der Waals surface area contributed by atoms with E-state index in [-0.39, 0.29) is 0 Å². The lowest BCUT2D eigenvalue weighted by Crippen LogP contribution is -1.95. The van der Waals surface area contributed by atoms with Crippen LogP contribution in [0.25, 0.3) is 57.3 Å². The summed E-state index contributed by atoms with van der Waals surface area (Å²) in [7, 11) is 0. The smallest absolute Gasteiger partial charge is 0.113 e. The van der Waals surface area contributed by atoms with E-state index in [2.05, 4.69) is 69.5 Å². The highest BCUT2D eigenvalue weighted by Gasteiger charge is 2.19. The summed E-state index contributed by atoms with van der Waals surface area (Å²) in [5, 5.41) is 5.78. The molecule has 7 rings (SSSR count). The Morgan fingerprint density at radius 3 is 2.44 bits per heavy atom. The number of thiophene rings is 3. The van der Waals surface area contributed by atoms with Crippen LogP contribution in [0.2, 0.25) is 0 Å². The molecule has 0 aliphatic carbocycles. The van der Waals surface area contributed by atoms with Crippen molar-refractivity contribution in [3.63, 3.8) is 0 Å². The van der Waals surface area contributed by atoms with E-state index in [9.17, 15) is 0 Å². The second-order valence-electron chi connectivity index (χ2n) is 7.52. The molecule has 32 heavy (non-hydrogen) atoms. The molecule has 0 bridgehead atoms. The minimum absolute atomic E-state index is 0.889. The van der Waals surface area contributed by atoms with E-state index in [0.29, 0.717) is 0 Å². The minimum Gasteiger partial charge on any atom is -0.298 e. The Hall–Kier alpha value is -3.32. The molecular weight excluding hydrogens is 451 g/mol. The van der Waals surface area contributed by atoms with E-state index in [0.717, 1.165) is 16.9 Å². The molecule has 0 fully saturated rings. The van der Waals surface area contributed by atoms with E-state index >= 15 is 0 Å². The van der Waals surface area contributed by atoms with Gasteiger partial charge in [0.15, 0.2) is 0 Å². The van der Waals surface area contributed by atoms with Crippen molar-refractivity contribution in [2.24, 2.45) is 0 Å². The Morgan fingerprint density at radius 2 is 1.59 bits per heavy atom. The van der Waals surface area contributed by atoms with Gasteiger partial charge in [0.25, 0.3) is 0 Å². The van der Waals surface area contributed by atoms with Crippen LogP contribution < -0.4 is 0 Å². The van der Waals surface area contributed by atoms with Crippen molar-refractivity contribution in [2.45, 2.75) is 0 Å². The first-order valence-corrected chi connectivity index (χ1v) is 12.8. The van der Waals surface area contributed by atoms with Gasteiger partial charge in [-0.2, -0.15) is 0 Å². The lowest BCUT2D eigenvalue weighted by Gasteiger charge is -2.08. The molecule has 0 saturated carbocycles. The quantitative estimate of drug-likeness (QED) is 0.263. The van der Waals surface area contributed by atoms with Gasteiger partial charge in [0.2, 0.25) is 0 Å². The lowest BCUT2D eigenvalue weighted by atomic mass is 10.1. The molecule has 0 radical (unpaired) electrons. The van der Waals surface area contributed by atoms with Gasteiger partial charge in [-0.25, -0.2) is 0 Å². The van der Waals surface area contributed by atoms with Gasteiger partial charge >= 0.3 is 0 Å². The second kappa shape index (κ2) is 7.10. The van der Waals surface area contributed by atoms with E-state index in [1.807, 2.05) is 53.3 Å². The van der Waals surface area contributed by atoms with Crippen molar-refractivity contribution in [1.82, 2.24) is 14.5 Å². The number of hydrogen-bond donors (Lipinski definition) is 0. The van der Waals surface area contributed by atoms with Crippen molar-refractivity contribution in [3.8, 4) is 26.1 Å². The van der Waals surface area contributed by atoms with Crippen LogP contribution in [0.3, 0.4) is 0 Å². The normalized spacial score (nSPS) is 11.8. The highest BCUT2D eigenvalue weighted by atomic mass is 32.1. The number of para-hydroxylation sites is 1. The molecule has 0 aliphatic rings. The Bertz CT molecular complexity index is 1690. The average Bonchev–Trinajstić information content (AvgIpc) is 3.60. The van der Waals surface area contributed by atoms with Crippen molar-refractivity contribution in [3.05, 3.63) is 90.6 Å². The van der Waals surface area contributed by atoms with Crippen LogP contribution >= 0.6 is 34.0 Å². The summed E-state index contributed by atoms with van der Waals surface area (Å²) < 4.78 is 5.01. The monoisotopic (exact) mass is 465 g/mol. The first kappa shape index (κ1) is 18.3. The van der Waals surface area contributed by atoms with E-state index in [1.54, 1.807) is 11.3 Å². The van der Waals surface area contributed by atoms with Gasteiger partial charge in [0, 0.05) is 42.3 Å². The van der Waals surface area contributed by atoms with Crippen LogP contribution in [-0.4, -0.2) is 14.5 Å². The number of rotatable bonds is 3. The van der Waals surface area contributed by atoms with Crippen molar-refractivity contribution >= 4 is 65.2 Å². The minimum atomic E-state index is 0.889. The predicted octanol–water partition coefficient (Wildman–Crippen LogP) is 8.25. The Morgan fingerprint density at radius 1 is 0.688 bits per heavy atom. The largest absolute Gasteiger partial charge is 0.298 e. The number of benzene rings is 1. The van der Waals surface area contributed by atoms with Gasteiger partial charge in [-0.15, -0.1) is 34.0 Å². The molecular formula is C26H15N3S3. The van der Waals surface area contributed by atoms with E-state index < -0.39 is 0 Å². The number of aromatic nitrogens is 3. The lowest BCUT2D eigenvalue weighted by molar-refractivity contribution is 1.19. The van der Waals surface area contributed by atoms with Crippen molar-refractivity contribution < 1.29 is 0 Å². The Balaban J connectivity index is 1.53. The molecule has 0 atom stereocenters. The third-order valence-electron chi connectivity index (χ3n) is 5.67. The summed E-state index contributed by atoms with van der Waals surface area (Å²) >= 11 is 5.50. The molecule has 0 unspecified atom stereocenters. The predicted molar refractivity (Wildman–Crippen MR) is 138 cm³/mol. The summed E-state index contributed by atoms with van der Waals surface area (Å²) in [5.41, 5.74) is 4.11. The van der Waals surface area contributed by atoms with Gasteiger partial charge in [-0.3, -0.25) is 14.5 Å². The molecule has 0 aliphatic heterocycles. The molecule has 7 aromatic rings. The summed E-state index contributed by atoms with van der Waals surface area (Å²) in [6.07, 6.45) is 3.72. The van der Waals surface area contributed by atoms with Crippen LogP contribution in [0.1, 0.15) is 0 Å². The standard InChI is InChI=1S/C26H15N3S3/c1-2-8-19-16(6-1)17-10-12-28-25(18-7-3-4-11-27-18)26(17)29(19)24-15-23-22(32-24)14-21(31-23)20-9-5-13-30-20/h1-15H. The topological polar surface area (TPSA) is 30.7 Å². The van der Waals surface area contributed by atoms with E-state index in [1.165, 1.54) is 40.4 Å². The number of hydrogen-bond acceptors (Lipinski definition) is 5. The number of fused-ring (bicyclic) bond motifs is 4. The maximum absolute atomic E-state index is 4.77. The SMILES string of the molecule is c1ccc(-c2nccc3c4ccccc4n(-c4cc5sc(-c6cccs6)cc5s4)c23)nc1. The molecule has 0 amide bonds. The van der Waals surface area contributed by atoms with Gasteiger partial charge in [0.05, 0.1) is 16.7 Å². The van der Waals surface area contributed by atoms with Crippen LogP contribution in [0.15, 0.2) is 90.6 Å². The molecule has 3 nitrogen and oxygen atoms in total. The zero-order valence-electron chi connectivity index (χ0n) is 16.7. The zero-order chi connectivity index (χ0) is 21.1. The van der Waals surface area contributed by atoms with Crippen LogP contribution in [0.5, 0.6) is 0 Å². The maximum atomic E-state index is 4.77. The highest BCUT2D eigenvalue weighted by Crippen LogP contribution is 2.44. The average molecular weight is 466 g/mol. The molecule has 152 valence electrons. The molecule has 0 spiro atoms. The fourth-order valence-corrected chi connectivity index (χ4v) is 7.54. The zero-order valence-corrected chi connectivity index (χ0v) is 19.2. The van der Waals surface area contributed by atoms with Crippen LogP contribution in [0.4, 0.5) is 0 Å². The van der Waals surface area contributed by atoms with Gasteiger partial charge in [0.1, 0.15) is 10.7 Å². The molecule has 6 heterocycles. The number of pyridine rings is 2. The highest BCUT2D eigenvalue weighted by molar-refractivity contribution is 7.31. The van der Waals surface area contributed by atoms with E-state index in [4.69, 9.17) is 4.98 Å². The molecule has 1 aromatic carbocycles. The summed E-state index contributed by atoms with van der Waals surface area (Å²) in [4.78, 5) is 12.1. The van der Waals surface area contributed by atoms with Gasteiger partial charge in [-0.05, 0) is 47.8 Å².